The average Bonchev–Trinajstić information content (AvgIpc) is 3.18. The van der Waals surface area contributed by atoms with Gasteiger partial charge in [-0.15, -0.1) is 0 Å². The Bertz CT molecular complexity index is 381. The Kier molecular flexibility index (Phi) is 4.65. The average molecular weight is 248 g/mol. The molecule has 1 saturated heterocycles. The Morgan fingerprint density at radius 2 is 2.17 bits per heavy atom. The van der Waals surface area contributed by atoms with Crippen LogP contribution in [0.1, 0.15) is 50.7 Å². The monoisotopic (exact) mass is 248 g/mol. The number of hydrogen-bond acceptors (Lipinski definition) is 2. The molecule has 100 valence electrons. The molecule has 1 atom stereocenters. The van der Waals surface area contributed by atoms with Gasteiger partial charge in [-0.3, -0.25) is 0 Å². The fraction of sp³-hybridized carbons (Fsp3) is 0.625. The molecule has 0 N–H and O–H groups in total. The summed E-state index contributed by atoms with van der Waals surface area (Å²) in [4.78, 5) is 0. The van der Waals surface area contributed by atoms with Gasteiger partial charge in [0.05, 0.1) is 19.3 Å². The van der Waals surface area contributed by atoms with Crippen molar-refractivity contribution in [1.82, 2.24) is 0 Å². The minimum Gasteiger partial charge on any atom is -0.493 e. The van der Waals surface area contributed by atoms with Crippen LogP contribution in [0, 0.1) is 0 Å². The third-order valence-electron chi connectivity index (χ3n) is 3.32. The van der Waals surface area contributed by atoms with Crippen LogP contribution in [-0.4, -0.2) is 19.3 Å². The van der Waals surface area contributed by atoms with Crippen LogP contribution in [0.25, 0.3) is 0 Å². The number of benzene rings is 1. The molecule has 1 aromatic carbocycles. The quantitative estimate of drug-likeness (QED) is 0.682. The molecule has 0 spiro atoms. The molecule has 18 heavy (non-hydrogen) atoms. The first-order valence-corrected chi connectivity index (χ1v) is 7.08. The summed E-state index contributed by atoms with van der Waals surface area (Å²) in [5, 5.41) is 0. The van der Waals surface area contributed by atoms with Crippen LogP contribution in [0.3, 0.4) is 0 Å². The van der Waals surface area contributed by atoms with Gasteiger partial charge in [-0.25, -0.2) is 0 Å². The Hall–Kier alpha value is -1.02. The van der Waals surface area contributed by atoms with Gasteiger partial charge in [0.25, 0.3) is 0 Å². The largest absolute Gasteiger partial charge is 0.493 e. The molecule has 0 bridgehead atoms. The maximum Gasteiger partial charge on any atom is 0.122 e. The normalized spacial score (nSPS) is 18.1. The molecule has 2 heteroatoms. The molecular formula is C16H24O2. The van der Waals surface area contributed by atoms with Gasteiger partial charge in [-0.1, -0.05) is 32.9 Å². The zero-order valence-corrected chi connectivity index (χ0v) is 11.7. The fourth-order valence-electron chi connectivity index (χ4n) is 2.11. The number of rotatable bonds is 7. The first kappa shape index (κ1) is 13.4. The molecule has 2 nitrogen and oxygen atoms in total. The SMILES string of the molecule is CCCOc1ccc(CCC2CO2)cc1C(C)C. The van der Waals surface area contributed by atoms with E-state index in [4.69, 9.17) is 9.47 Å². The highest BCUT2D eigenvalue weighted by Crippen LogP contribution is 2.29. The van der Waals surface area contributed by atoms with E-state index in [-0.39, 0.29) is 0 Å². The molecule has 1 fully saturated rings. The van der Waals surface area contributed by atoms with Gasteiger partial charge >= 0.3 is 0 Å². The number of epoxide rings is 1. The lowest BCUT2D eigenvalue weighted by Crippen LogP contribution is -2.01. The Labute approximate surface area is 110 Å². The highest BCUT2D eigenvalue weighted by molar-refractivity contribution is 5.39. The van der Waals surface area contributed by atoms with Gasteiger partial charge in [0.1, 0.15) is 5.75 Å². The van der Waals surface area contributed by atoms with E-state index < -0.39 is 0 Å². The van der Waals surface area contributed by atoms with Crippen molar-refractivity contribution in [2.45, 2.75) is 52.1 Å². The summed E-state index contributed by atoms with van der Waals surface area (Å²) >= 11 is 0. The number of ether oxygens (including phenoxy) is 2. The predicted molar refractivity (Wildman–Crippen MR) is 74.4 cm³/mol. The third-order valence-corrected chi connectivity index (χ3v) is 3.32. The Morgan fingerprint density at radius 3 is 2.78 bits per heavy atom. The maximum absolute atomic E-state index is 5.82. The van der Waals surface area contributed by atoms with Gasteiger partial charge in [0.15, 0.2) is 0 Å². The molecule has 1 aromatic rings. The summed E-state index contributed by atoms with van der Waals surface area (Å²) in [6.45, 7) is 8.34. The molecule has 1 unspecified atom stereocenters. The summed E-state index contributed by atoms with van der Waals surface area (Å²) in [6.07, 6.45) is 3.83. The van der Waals surface area contributed by atoms with E-state index in [2.05, 4.69) is 39.0 Å². The van der Waals surface area contributed by atoms with Crippen LogP contribution < -0.4 is 4.74 Å². The molecule has 0 aliphatic carbocycles. The van der Waals surface area contributed by atoms with Gasteiger partial charge in [0.2, 0.25) is 0 Å². The fourth-order valence-corrected chi connectivity index (χ4v) is 2.11. The topological polar surface area (TPSA) is 21.8 Å². The third kappa shape index (κ3) is 3.74. The Balaban J connectivity index is 2.05. The van der Waals surface area contributed by atoms with E-state index in [1.165, 1.54) is 11.1 Å². The van der Waals surface area contributed by atoms with Crippen molar-refractivity contribution in [3.05, 3.63) is 29.3 Å². The second-order valence-electron chi connectivity index (χ2n) is 5.37. The minimum absolute atomic E-state index is 0.508. The van der Waals surface area contributed by atoms with Gasteiger partial charge < -0.3 is 9.47 Å². The minimum atomic E-state index is 0.508. The van der Waals surface area contributed by atoms with Crippen LogP contribution in [0.15, 0.2) is 18.2 Å². The van der Waals surface area contributed by atoms with Crippen molar-refractivity contribution < 1.29 is 9.47 Å². The molecule has 2 rings (SSSR count). The highest BCUT2D eigenvalue weighted by Gasteiger charge is 2.21. The smallest absolute Gasteiger partial charge is 0.122 e. The van der Waals surface area contributed by atoms with E-state index in [0.717, 1.165) is 38.2 Å². The highest BCUT2D eigenvalue weighted by atomic mass is 16.6. The molecule has 1 aliphatic heterocycles. The van der Waals surface area contributed by atoms with Crippen LogP contribution in [0.5, 0.6) is 5.75 Å². The molecule has 0 saturated carbocycles. The second kappa shape index (κ2) is 6.24. The van der Waals surface area contributed by atoms with Crippen LogP contribution in [0.2, 0.25) is 0 Å². The zero-order valence-electron chi connectivity index (χ0n) is 11.7. The van der Waals surface area contributed by atoms with Crippen molar-refractivity contribution >= 4 is 0 Å². The van der Waals surface area contributed by atoms with E-state index in [0.29, 0.717) is 12.0 Å². The summed E-state index contributed by atoms with van der Waals surface area (Å²) in [7, 11) is 0. The lowest BCUT2D eigenvalue weighted by atomic mass is 9.97. The van der Waals surface area contributed by atoms with Crippen LogP contribution in [0.4, 0.5) is 0 Å². The zero-order chi connectivity index (χ0) is 13.0. The van der Waals surface area contributed by atoms with Crippen LogP contribution in [-0.2, 0) is 11.2 Å². The molecule has 1 aliphatic rings. The molecule has 0 aromatic heterocycles. The lowest BCUT2D eigenvalue weighted by Gasteiger charge is -2.15. The summed E-state index contributed by atoms with van der Waals surface area (Å²) < 4.78 is 11.1. The van der Waals surface area contributed by atoms with Crippen molar-refractivity contribution in [3.8, 4) is 5.75 Å². The molecule has 0 amide bonds. The van der Waals surface area contributed by atoms with Gasteiger partial charge in [-0.2, -0.15) is 0 Å². The van der Waals surface area contributed by atoms with Gasteiger partial charge in [-0.05, 0) is 42.4 Å². The summed E-state index contributed by atoms with van der Waals surface area (Å²) in [6, 6.07) is 6.63. The summed E-state index contributed by atoms with van der Waals surface area (Å²) in [5.74, 6) is 1.56. The predicted octanol–water partition coefficient (Wildman–Crippen LogP) is 3.93. The van der Waals surface area contributed by atoms with Crippen molar-refractivity contribution in [2.24, 2.45) is 0 Å². The van der Waals surface area contributed by atoms with Crippen molar-refractivity contribution in [3.63, 3.8) is 0 Å². The second-order valence-corrected chi connectivity index (χ2v) is 5.37. The number of aryl methyl sites for hydroxylation is 1. The van der Waals surface area contributed by atoms with Gasteiger partial charge in [0, 0.05) is 0 Å². The first-order valence-electron chi connectivity index (χ1n) is 7.08. The molecule has 0 radical (unpaired) electrons. The maximum atomic E-state index is 5.82. The van der Waals surface area contributed by atoms with E-state index >= 15 is 0 Å². The summed E-state index contributed by atoms with van der Waals surface area (Å²) in [5.41, 5.74) is 2.73. The van der Waals surface area contributed by atoms with Crippen molar-refractivity contribution in [1.29, 1.82) is 0 Å². The van der Waals surface area contributed by atoms with E-state index in [1.54, 1.807) is 0 Å². The van der Waals surface area contributed by atoms with E-state index in [1.807, 2.05) is 0 Å². The standard InChI is InChI=1S/C16H24O2/c1-4-9-17-16-8-6-13(5-7-14-11-18-14)10-15(16)12(2)3/h6,8,10,12,14H,4-5,7,9,11H2,1-3H3. The van der Waals surface area contributed by atoms with E-state index in [9.17, 15) is 0 Å². The van der Waals surface area contributed by atoms with Crippen LogP contribution >= 0.6 is 0 Å². The molecular weight excluding hydrogens is 224 g/mol. The Morgan fingerprint density at radius 1 is 1.39 bits per heavy atom. The first-order chi connectivity index (χ1) is 8.70. The number of hydrogen-bond donors (Lipinski definition) is 0. The molecule has 1 heterocycles. The lowest BCUT2D eigenvalue weighted by molar-refractivity contribution is 0.313. The van der Waals surface area contributed by atoms with Crippen molar-refractivity contribution in [2.75, 3.05) is 13.2 Å².